The standard InChI is InChI=1S/C20H38N4O/c1-6-21-19(23(5)14-15-10-8-12-24(15)7-2)22-17-16-11-9-13-25-18(16)20(17,3)4/h15-18H,6-14H2,1-5H3,(H,21,22). The Balaban J connectivity index is 1.64. The summed E-state index contributed by atoms with van der Waals surface area (Å²) < 4.78 is 6.06. The Kier molecular flexibility index (Phi) is 5.94. The van der Waals surface area contributed by atoms with Crippen molar-refractivity contribution in [3.63, 3.8) is 0 Å². The molecule has 2 saturated heterocycles. The largest absolute Gasteiger partial charge is 0.377 e. The Bertz CT molecular complexity index is 478. The van der Waals surface area contributed by atoms with Crippen molar-refractivity contribution in [3.8, 4) is 0 Å². The lowest BCUT2D eigenvalue weighted by molar-refractivity contribution is -0.188. The van der Waals surface area contributed by atoms with E-state index in [1.165, 1.54) is 32.2 Å². The molecule has 1 aliphatic carbocycles. The number of guanidine groups is 1. The number of likely N-dealkylation sites (N-methyl/N-ethyl adjacent to an activating group) is 2. The van der Waals surface area contributed by atoms with Gasteiger partial charge in [0, 0.05) is 50.2 Å². The molecule has 0 amide bonds. The summed E-state index contributed by atoms with van der Waals surface area (Å²) in [6.45, 7) is 14.3. The number of fused-ring (bicyclic) bond motifs is 1. The van der Waals surface area contributed by atoms with Gasteiger partial charge in [-0.15, -0.1) is 0 Å². The van der Waals surface area contributed by atoms with Crippen LogP contribution in [0.4, 0.5) is 0 Å². The molecule has 3 fully saturated rings. The normalized spacial score (nSPS) is 35.2. The number of aliphatic imine (C=N–C) groups is 1. The number of hydrogen-bond acceptors (Lipinski definition) is 3. The van der Waals surface area contributed by atoms with Gasteiger partial charge in [-0.1, -0.05) is 20.8 Å². The second kappa shape index (κ2) is 7.83. The Hall–Kier alpha value is -0.810. The number of hydrogen-bond donors (Lipinski definition) is 1. The molecule has 0 bridgehead atoms. The molecule has 0 aromatic heterocycles. The van der Waals surface area contributed by atoms with Gasteiger partial charge in [0.25, 0.3) is 0 Å². The Morgan fingerprint density at radius 3 is 2.80 bits per heavy atom. The van der Waals surface area contributed by atoms with Gasteiger partial charge in [-0.3, -0.25) is 9.89 Å². The van der Waals surface area contributed by atoms with Crippen LogP contribution in [-0.2, 0) is 4.74 Å². The molecule has 0 aromatic rings. The van der Waals surface area contributed by atoms with E-state index in [9.17, 15) is 0 Å². The van der Waals surface area contributed by atoms with Crippen LogP contribution in [0.3, 0.4) is 0 Å². The summed E-state index contributed by atoms with van der Waals surface area (Å²) in [4.78, 5) is 9.78. The van der Waals surface area contributed by atoms with Crippen LogP contribution < -0.4 is 5.32 Å². The first-order chi connectivity index (χ1) is 12.0. The number of nitrogens with one attached hydrogen (secondary N) is 1. The second-order valence-electron chi connectivity index (χ2n) is 8.64. The quantitative estimate of drug-likeness (QED) is 0.611. The van der Waals surface area contributed by atoms with Crippen LogP contribution in [0.5, 0.6) is 0 Å². The SMILES string of the molecule is CCN=C(NC1C2CCCOC2C1(C)C)N(C)CC1CCCN1CC. The first kappa shape index (κ1) is 19.0. The van der Waals surface area contributed by atoms with Crippen molar-refractivity contribution in [2.45, 2.75) is 71.6 Å². The van der Waals surface area contributed by atoms with Crippen LogP contribution in [-0.4, -0.2) is 73.8 Å². The van der Waals surface area contributed by atoms with Gasteiger partial charge in [0.05, 0.1) is 6.10 Å². The maximum atomic E-state index is 6.06. The van der Waals surface area contributed by atoms with E-state index in [1.807, 2.05) is 0 Å². The zero-order chi connectivity index (χ0) is 18.0. The molecule has 0 aromatic carbocycles. The van der Waals surface area contributed by atoms with E-state index in [4.69, 9.17) is 9.73 Å². The Morgan fingerprint density at radius 2 is 2.08 bits per heavy atom. The molecule has 3 rings (SSSR count). The summed E-state index contributed by atoms with van der Waals surface area (Å²) >= 11 is 0. The van der Waals surface area contributed by atoms with Crippen LogP contribution in [0.1, 0.15) is 53.4 Å². The molecule has 0 radical (unpaired) electrons. The molecule has 3 aliphatic rings. The minimum atomic E-state index is 0.184. The maximum Gasteiger partial charge on any atom is 0.193 e. The second-order valence-corrected chi connectivity index (χ2v) is 8.64. The third-order valence-electron chi connectivity index (χ3n) is 6.68. The topological polar surface area (TPSA) is 40.1 Å². The van der Waals surface area contributed by atoms with Gasteiger partial charge in [-0.05, 0) is 45.7 Å². The van der Waals surface area contributed by atoms with Crippen molar-refractivity contribution in [1.82, 2.24) is 15.1 Å². The van der Waals surface area contributed by atoms with Crippen molar-refractivity contribution in [2.24, 2.45) is 16.3 Å². The van der Waals surface area contributed by atoms with E-state index in [0.717, 1.165) is 32.2 Å². The third-order valence-corrected chi connectivity index (χ3v) is 6.68. The summed E-state index contributed by atoms with van der Waals surface area (Å²) in [6, 6.07) is 1.13. The van der Waals surface area contributed by atoms with Gasteiger partial charge in [0.15, 0.2) is 5.96 Å². The van der Waals surface area contributed by atoms with Gasteiger partial charge in [-0.25, -0.2) is 0 Å². The zero-order valence-electron chi connectivity index (χ0n) is 16.9. The molecule has 0 spiro atoms. The van der Waals surface area contributed by atoms with E-state index in [0.29, 0.717) is 24.1 Å². The van der Waals surface area contributed by atoms with Crippen molar-refractivity contribution in [2.75, 3.05) is 39.8 Å². The lowest BCUT2D eigenvalue weighted by atomic mass is 9.55. The third kappa shape index (κ3) is 3.68. The molecule has 5 nitrogen and oxygen atoms in total. The predicted octanol–water partition coefficient (Wildman–Crippen LogP) is 2.57. The molecule has 5 heteroatoms. The smallest absolute Gasteiger partial charge is 0.193 e. The van der Waals surface area contributed by atoms with E-state index < -0.39 is 0 Å². The van der Waals surface area contributed by atoms with E-state index in [1.54, 1.807) is 0 Å². The lowest BCUT2D eigenvalue weighted by Crippen LogP contribution is -2.71. The van der Waals surface area contributed by atoms with Crippen LogP contribution in [0, 0.1) is 11.3 Å². The molecular weight excluding hydrogens is 312 g/mol. The predicted molar refractivity (Wildman–Crippen MR) is 104 cm³/mol. The van der Waals surface area contributed by atoms with Crippen LogP contribution in [0.15, 0.2) is 4.99 Å². The van der Waals surface area contributed by atoms with Crippen molar-refractivity contribution < 1.29 is 4.74 Å². The van der Waals surface area contributed by atoms with Gasteiger partial charge >= 0.3 is 0 Å². The van der Waals surface area contributed by atoms with Crippen LogP contribution >= 0.6 is 0 Å². The molecule has 4 atom stereocenters. The van der Waals surface area contributed by atoms with Gasteiger partial charge in [0.1, 0.15) is 0 Å². The zero-order valence-corrected chi connectivity index (χ0v) is 16.9. The average Bonchev–Trinajstić information content (AvgIpc) is 3.05. The summed E-state index contributed by atoms with van der Waals surface area (Å²) in [7, 11) is 2.20. The highest BCUT2D eigenvalue weighted by Crippen LogP contribution is 2.51. The van der Waals surface area contributed by atoms with Gasteiger partial charge in [0.2, 0.25) is 0 Å². The lowest BCUT2D eigenvalue weighted by Gasteiger charge is -2.60. The molecule has 25 heavy (non-hydrogen) atoms. The summed E-state index contributed by atoms with van der Waals surface area (Å²) in [5.41, 5.74) is 0.184. The van der Waals surface area contributed by atoms with Crippen molar-refractivity contribution >= 4 is 5.96 Å². The monoisotopic (exact) mass is 350 g/mol. The van der Waals surface area contributed by atoms with Crippen LogP contribution in [0.2, 0.25) is 0 Å². The highest BCUT2D eigenvalue weighted by molar-refractivity contribution is 5.80. The number of nitrogens with zero attached hydrogens (tertiary/aromatic N) is 3. The van der Waals surface area contributed by atoms with E-state index >= 15 is 0 Å². The highest BCUT2D eigenvalue weighted by Gasteiger charge is 2.58. The molecule has 1 saturated carbocycles. The maximum absolute atomic E-state index is 6.06. The van der Waals surface area contributed by atoms with Gasteiger partial charge < -0.3 is 15.0 Å². The Labute approximate surface area is 154 Å². The minimum Gasteiger partial charge on any atom is -0.377 e. The van der Waals surface area contributed by atoms with Gasteiger partial charge in [-0.2, -0.15) is 0 Å². The summed E-state index contributed by atoms with van der Waals surface area (Å²) in [5.74, 6) is 1.71. The molecular formula is C20H38N4O. The first-order valence-electron chi connectivity index (χ1n) is 10.4. The summed E-state index contributed by atoms with van der Waals surface area (Å²) in [5, 5.41) is 3.83. The first-order valence-corrected chi connectivity index (χ1v) is 10.4. The van der Waals surface area contributed by atoms with E-state index in [-0.39, 0.29) is 5.41 Å². The minimum absolute atomic E-state index is 0.184. The van der Waals surface area contributed by atoms with Crippen molar-refractivity contribution in [1.29, 1.82) is 0 Å². The molecule has 1 N–H and O–H groups in total. The van der Waals surface area contributed by atoms with Crippen molar-refractivity contribution in [3.05, 3.63) is 0 Å². The fourth-order valence-electron chi connectivity index (χ4n) is 5.30. The number of ether oxygens (including phenoxy) is 1. The van der Waals surface area contributed by atoms with Crippen LogP contribution in [0.25, 0.3) is 0 Å². The fraction of sp³-hybridized carbons (Fsp3) is 0.950. The highest BCUT2D eigenvalue weighted by atomic mass is 16.5. The molecule has 2 aliphatic heterocycles. The number of rotatable bonds is 5. The number of likely N-dealkylation sites (tertiary alicyclic amines) is 1. The molecule has 2 heterocycles. The van der Waals surface area contributed by atoms with E-state index in [2.05, 4.69) is 49.9 Å². The average molecular weight is 351 g/mol. The molecule has 4 unspecified atom stereocenters. The Morgan fingerprint density at radius 1 is 1.28 bits per heavy atom. The molecule has 144 valence electrons. The fourth-order valence-corrected chi connectivity index (χ4v) is 5.30. The summed E-state index contributed by atoms with van der Waals surface area (Å²) in [6.07, 6.45) is 5.53.